The number of carbonyl (C=O) groups excluding carboxylic acids is 2. The molecule has 1 aliphatic heterocycles. The van der Waals surface area contributed by atoms with Gasteiger partial charge in [-0.3, -0.25) is 19.7 Å². The fraction of sp³-hybridized carbons (Fsp3) is 0.417. The van der Waals surface area contributed by atoms with Crippen LogP contribution in [0.4, 0.5) is 0 Å². The summed E-state index contributed by atoms with van der Waals surface area (Å²) >= 11 is 0. The van der Waals surface area contributed by atoms with Crippen molar-refractivity contribution in [2.75, 3.05) is 45.9 Å². The third-order valence-electron chi connectivity index (χ3n) is 5.66. The third kappa shape index (κ3) is 7.62. The second-order valence-corrected chi connectivity index (χ2v) is 8.00. The lowest BCUT2D eigenvalue weighted by Gasteiger charge is -2.26. The van der Waals surface area contributed by atoms with Crippen molar-refractivity contribution in [2.24, 2.45) is 5.73 Å². The Morgan fingerprint density at radius 3 is 2.27 bits per heavy atom. The predicted molar refractivity (Wildman–Crippen MR) is 126 cm³/mol. The maximum atomic E-state index is 12.3. The summed E-state index contributed by atoms with van der Waals surface area (Å²) in [5.74, 6) is -1.19. The van der Waals surface area contributed by atoms with E-state index in [0.29, 0.717) is 5.56 Å². The Bertz CT molecular complexity index is 883. The molecular formula is C24H33N5O4. The van der Waals surface area contributed by atoms with Gasteiger partial charge in [0.1, 0.15) is 6.04 Å². The Kier molecular flexibility index (Phi) is 9.79. The number of hydroxylamine groups is 1. The van der Waals surface area contributed by atoms with E-state index in [0.717, 1.165) is 63.5 Å². The van der Waals surface area contributed by atoms with E-state index < -0.39 is 17.9 Å². The van der Waals surface area contributed by atoms with Crippen LogP contribution in [0.3, 0.4) is 0 Å². The lowest BCUT2D eigenvalue weighted by molar-refractivity contribution is -0.130. The van der Waals surface area contributed by atoms with Crippen LogP contribution in [0, 0.1) is 0 Å². The highest BCUT2D eigenvalue weighted by Crippen LogP contribution is 2.20. The van der Waals surface area contributed by atoms with Gasteiger partial charge >= 0.3 is 0 Å². The summed E-state index contributed by atoms with van der Waals surface area (Å²) in [6, 6.07) is 14.4. The molecule has 1 atom stereocenters. The zero-order valence-corrected chi connectivity index (χ0v) is 18.8. The molecule has 3 rings (SSSR count). The van der Waals surface area contributed by atoms with Gasteiger partial charge in [-0.25, -0.2) is 5.48 Å². The van der Waals surface area contributed by atoms with E-state index in [1.54, 1.807) is 12.1 Å². The number of hydrogen-bond acceptors (Lipinski definition) is 7. The van der Waals surface area contributed by atoms with Crippen molar-refractivity contribution in [3.8, 4) is 11.1 Å². The van der Waals surface area contributed by atoms with E-state index >= 15 is 0 Å². The molecular weight excluding hydrogens is 422 g/mol. The summed E-state index contributed by atoms with van der Waals surface area (Å²) in [5, 5.41) is 14.7. The van der Waals surface area contributed by atoms with Gasteiger partial charge in [-0.05, 0) is 48.3 Å². The molecule has 6 N–H and O–H groups in total. The molecule has 1 heterocycles. The second kappa shape index (κ2) is 13.0. The number of benzene rings is 2. The van der Waals surface area contributed by atoms with Gasteiger partial charge in [-0.2, -0.15) is 0 Å². The molecule has 2 aromatic carbocycles. The molecule has 1 fully saturated rings. The highest BCUT2D eigenvalue weighted by atomic mass is 16.5. The zero-order chi connectivity index (χ0) is 23.5. The molecule has 0 aliphatic carbocycles. The van der Waals surface area contributed by atoms with Gasteiger partial charge in [-0.1, -0.05) is 36.4 Å². The molecule has 0 bridgehead atoms. The van der Waals surface area contributed by atoms with Crippen molar-refractivity contribution in [2.45, 2.75) is 19.0 Å². The molecule has 2 amide bonds. The summed E-state index contributed by atoms with van der Waals surface area (Å²) in [6.07, 6.45) is 1.12. The number of hydrogen-bond donors (Lipinski definition) is 5. The summed E-state index contributed by atoms with van der Waals surface area (Å²) in [4.78, 5) is 26.2. The minimum absolute atomic E-state index is 0.120. The van der Waals surface area contributed by atoms with E-state index in [9.17, 15) is 9.59 Å². The summed E-state index contributed by atoms with van der Waals surface area (Å²) in [5.41, 5.74) is 10.6. The van der Waals surface area contributed by atoms with E-state index in [4.69, 9.17) is 15.7 Å². The maximum Gasteiger partial charge on any atom is 0.267 e. The van der Waals surface area contributed by atoms with Crippen molar-refractivity contribution in [1.82, 2.24) is 21.0 Å². The lowest BCUT2D eigenvalue weighted by Crippen LogP contribution is -2.50. The standard InChI is InChI=1S/C24H33N5O4/c25-16-22(24(31)28-32)27-23(30)21-8-6-20(7-9-21)19-4-2-18(3-5-19)17-26-10-1-11-29-12-14-33-15-13-29/h2-9,22,26,32H,1,10-17,25H2,(H,27,30)(H,28,31)/t22-/m0/s1. The van der Waals surface area contributed by atoms with Crippen molar-refractivity contribution in [3.63, 3.8) is 0 Å². The van der Waals surface area contributed by atoms with Crippen LogP contribution in [-0.4, -0.2) is 73.9 Å². The normalized spacial score (nSPS) is 15.1. The Morgan fingerprint density at radius 2 is 1.67 bits per heavy atom. The maximum absolute atomic E-state index is 12.3. The smallest absolute Gasteiger partial charge is 0.267 e. The highest BCUT2D eigenvalue weighted by molar-refractivity contribution is 5.97. The van der Waals surface area contributed by atoms with Gasteiger partial charge in [0.25, 0.3) is 11.8 Å². The van der Waals surface area contributed by atoms with Crippen molar-refractivity contribution >= 4 is 11.8 Å². The van der Waals surface area contributed by atoms with E-state index in [-0.39, 0.29) is 6.54 Å². The van der Waals surface area contributed by atoms with E-state index in [1.807, 2.05) is 12.1 Å². The van der Waals surface area contributed by atoms with Crippen LogP contribution in [0.5, 0.6) is 0 Å². The van der Waals surface area contributed by atoms with Crippen LogP contribution in [0.25, 0.3) is 11.1 Å². The highest BCUT2D eigenvalue weighted by Gasteiger charge is 2.19. The van der Waals surface area contributed by atoms with Crippen LogP contribution in [0.15, 0.2) is 48.5 Å². The molecule has 0 spiro atoms. The van der Waals surface area contributed by atoms with E-state index in [1.165, 1.54) is 11.0 Å². The quantitative estimate of drug-likeness (QED) is 0.192. The first-order chi connectivity index (χ1) is 16.1. The molecule has 178 valence electrons. The Hall–Kier alpha value is -2.82. The van der Waals surface area contributed by atoms with Crippen molar-refractivity contribution < 1.29 is 19.5 Å². The first-order valence-electron chi connectivity index (χ1n) is 11.3. The first-order valence-corrected chi connectivity index (χ1v) is 11.3. The summed E-state index contributed by atoms with van der Waals surface area (Å²) < 4.78 is 5.37. The van der Waals surface area contributed by atoms with E-state index in [2.05, 4.69) is 39.8 Å². The molecule has 9 heteroatoms. The predicted octanol–water partition coefficient (Wildman–Crippen LogP) is 0.728. The van der Waals surface area contributed by atoms with Crippen LogP contribution in [0.1, 0.15) is 22.3 Å². The largest absolute Gasteiger partial charge is 0.379 e. The molecule has 0 radical (unpaired) electrons. The molecule has 0 unspecified atom stereocenters. The number of ether oxygens (including phenoxy) is 1. The molecule has 1 aliphatic rings. The minimum atomic E-state index is -0.998. The Balaban J connectivity index is 1.45. The number of nitrogens with two attached hydrogens (primary N) is 1. The average molecular weight is 456 g/mol. The summed E-state index contributed by atoms with van der Waals surface area (Å²) in [6.45, 7) is 6.53. The molecule has 1 saturated heterocycles. The number of nitrogens with zero attached hydrogens (tertiary/aromatic N) is 1. The lowest BCUT2D eigenvalue weighted by atomic mass is 10.0. The van der Waals surface area contributed by atoms with Gasteiger partial charge < -0.3 is 21.1 Å². The van der Waals surface area contributed by atoms with Crippen LogP contribution in [-0.2, 0) is 16.1 Å². The number of carbonyl (C=O) groups is 2. The number of nitrogens with one attached hydrogen (secondary N) is 3. The van der Waals surface area contributed by atoms with Crippen LogP contribution < -0.4 is 21.8 Å². The molecule has 33 heavy (non-hydrogen) atoms. The zero-order valence-electron chi connectivity index (χ0n) is 18.8. The van der Waals surface area contributed by atoms with Crippen molar-refractivity contribution in [1.29, 1.82) is 0 Å². The van der Waals surface area contributed by atoms with Crippen molar-refractivity contribution in [3.05, 3.63) is 59.7 Å². The number of amides is 2. The topological polar surface area (TPSA) is 129 Å². The van der Waals surface area contributed by atoms with Crippen LogP contribution >= 0.6 is 0 Å². The monoisotopic (exact) mass is 455 g/mol. The third-order valence-corrected chi connectivity index (χ3v) is 5.66. The van der Waals surface area contributed by atoms with Gasteiger partial charge in [0.15, 0.2) is 0 Å². The Morgan fingerprint density at radius 1 is 1.03 bits per heavy atom. The van der Waals surface area contributed by atoms with Gasteiger partial charge in [0.2, 0.25) is 0 Å². The molecule has 2 aromatic rings. The second-order valence-electron chi connectivity index (χ2n) is 8.00. The SMILES string of the molecule is NC[C@H](NC(=O)c1ccc(-c2ccc(CNCCCN3CCOCC3)cc2)cc1)C(=O)NO. The number of morpholine rings is 1. The fourth-order valence-electron chi connectivity index (χ4n) is 3.67. The molecule has 0 aromatic heterocycles. The molecule has 9 nitrogen and oxygen atoms in total. The number of rotatable bonds is 11. The summed E-state index contributed by atoms with van der Waals surface area (Å²) in [7, 11) is 0. The average Bonchev–Trinajstić information content (AvgIpc) is 2.87. The van der Waals surface area contributed by atoms with Crippen LogP contribution in [0.2, 0.25) is 0 Å². The first kappa shape index (κ1) is 24.8. The molecule has 0 saturated carbocycles. The fourth-order valence-corrected chi connectivity index (χ4v) is 3.67. The Labute approximate surface area is 194 Å². The van der Waals surface area contributed by atoms with Gasteiger partial charge in [0, 0.05) is 31.7 Å². The minimum Gasteiger partial charge on any atom is -0.379 e. The van der Waals surface area contributed by atoms with Gasteiger partial charge in [0.05, 0.1) is 13.2 Å². The van der Waals surface area contributed by atoms with Gasteiger partial charge in [-0.15, -0.1) is 0 Å².